The van der Waals surface area contributed by atoms with Gasteiger partial charge < -0.3 is 9.29 Å². The Hall–Kier alpha value is -0.590. The Balaban J connectivity index is 0.00000480. The third-order valence-corrected chi connectivity index (χ3v) is 6.79. The van der Waals surface area contributed by atoms with Crippen molar-refractivity contribution >= 4 is 20.9 Å². The Morgan fingerprint density at radius 1 is 0.806 bits per heavy atom. The molecule has 0 saturated carbocycles. The van der Waals surface area contributed by atoms with E-state index in [-0.39, 0.29) is 34.5 Å². The number of hydrogen-bond acceptors (Lipinski definition) is 4. The molecule has 4 nitrogen and oxygen atoms in total. The van der Waals surface area contributed by atoms with E-state index in [0.29, 0.717) is 28.5 Å². The number of aryl methyl sites for hydroxylation is 1. The van der Waals surface area contributed by atoms with Crippen molar-refractivity contribution < 1.29 is 47.3 Å². The van der Waals surface area contributed by atoms with Crippen LogP contribution in [-0.2, 0) is 16.5 Å². The van der Waals surface area contributed by atoms with Crippen molar-refractivity contribution in [2.24, 2.45) is 0 Å². The van der Waals surface area contributed by atoms with Gasteiger partial charge in [-0.15, -0.1) is 0 Å². The van der Waals surface area contributed by atoms with Crippen LogP contribution < -0.4 is 34.3 Å². The molecule has 0 bridgehead atoms. The minimum absolute atomic E-state index is 0. The number of fused-ring (bicyclic) bond motifs is 1. The van der Waals surface area contributed by atoms with Crippen molar-refractivity contribution in [1.29, 1.82) is 0 Å². The first-order chi connectivity index (χ1) is 14.5. The van der Waals surface area contributed by atoms with Crippen molar-refractivity contribution in [3.05, 3.63) is 35.9 Å². The number of methoxy groups -OCH3 is 1. The van der Waals surface area contributed by atoms with E-state index in [9.17, 15) is 13.0 Å². The summed E-state index contributed by atoms with van der Waals surface area (Å²) in [5, 5.41) is 1.12. The summed E-state index contributed by atoms with van der Waals surface area (Å²) in [5.74, 6) is 0.618. The molecule has 0 aromatic heterocycles. The van der Waals surface area contributed by atoms with Gasteiger partial charge in [-0.2, -0.15) is 0 Å². The second-order valence-corrected chi connectivity index (χ2v) is 9.52. The maximum absolute atomic E-state index is 12.0. The summed E-state index contributed by atoms with van der Waals surface area (Å²) in [6, 6.07) is 8.78. The molecule has 0 heterocycles. The van der Waals surface area contributed by atoms with Crippen molar-refractivity contribution in [3.63, 3.8) is 0 Å². The molecule has 0 aliphatic heterocycles. The molecule has 168 valence electrons. The summed E-state index contributed by atoms with van der Waals surface area (Å²) in [6.45, 7) is 2.25. The fraction of sp³-hybridized carbons (Fsp3) is 0.600. The van der Waals surface area contributed by atoms with Gasteiger partial charge in [0.1, 0.15) is 15.9 Å². The molecule has 0 radical (unpaired) electrons. The molecule has 0 aliphatic rings. The second-order valence-electron chi connectivity index (χ2n) is 8.21. The fourth-order valence-electron chi connectivity index (χ4n) is 4.18. The molecular weight excluding hydrogens is 419 g/mol. The van der Waals surface area contributed by atoms with Crippen LogP contribution in [0.1, 0.15) is 89.5 Å². The largest absolute Gasteiger partial charge is 1.00 e. The molecule has 2 aromatic rings. The van der Waals surface area contributed by atoms with Crippen LogP contribution in [-0.4, -0.2) is 20.1 Å². The number of hydrogen-bond donors (Lipinski definition) is 0. The number of benzene rings is 2. The molecule has 2 rings (SSSR count). The maximum Gasteiger partial charge on any atom is 1.00 e. The van der Waals surface area contributed by atoms with Gasteiger partial charge >= 0.3 is 29.6 Å². The zero-order valence-electron chi connectivity index (χ0n) is 19.6. The van der Waals surface area contributed by atoms with Gasteiger partial charge in [0, 0.05) is 10.8 Å². The van der Waals surface area contributed by atoms with E-state index in [1.165, 1.54) is 57.8 Å². The predicted octanol–water partition coefficient (Wildman–Crippen LogP) is 4.00. The van der Waals surface area contributed by atoms with Gasteiger partial charge in [-0.1, -0.05) is 102 Å². The maximum atomic E-state index is 12.0. The summed E-state index contributed by atoms with van der Waals surface area (Å²) in [5.41, 5.74) is 0.577. The first-order valence-corrected chi connectivity index (χ1v) is 12.9. The zero-order chi connectivity index (χ0) is 21.8. The molecular formula is C25H37NaO4S. The van der Waals surface area contributed by atoms with E-state index >= 15 is 0 Å². The minimum atomic E-state index is -4.56. The standard InChI is InChI=1S/C25H38O4S.Na/c1-3-4-5-6-7-8-9-10-11-12-13-14-17-21-20-24(29-2)22-18-15-16-19-23(22)25(21)30(26,27)28;/h15-16,18-20H,3-14,17H2,1-2H3,(H,26,27,28);/q;+1/p-1. The third-order valence-electron chi connectivity index (χ3n) is 5.80. The van der Waals surface area contributed by atoms with E-state index in [0.717, 1.165) is 19.3 Å². The van der Waals surface area contributed by atoms with Gasteiger partial charge in [-0.3, -0.25) is 0 Å². The molecule has 0 fully saturated rings. The van der Waals surface area contributed by atoms with Crippen LogP contribution in [0.25, 0.3) is 10.8 Å². The molecule has 0 N–H and O–H groups in total. The van der Waals surface area contributed by atoms with Gasteiger partial charge in [0.25, 0.3) is 0 Å². The van der Waals surface area contributed by atoms with Crippen LogP contribution in [0, 0.1) is 0 Å². The zero-order valence-corrected chi connectivity index (χ0v) is 22.4. The summed E-state index contributed by atoms with van der Waals surface area (Å²) >= 11 is 0. The van der Waals surface area contributed by atoms with E-state index < -0.39 is 10.1 Å². The van der Waals surface area contributed by atoms with Gasteiger partial charge in [0.2, 0.25) is 0 Å². The van der Waals surface area contributed by atoms with Crippen LogP contribution in [0.15, 0.2) is 35.2 Å². The number of ether oxygens (including phenoxy) is 1. The van der Waals surface area contributed by atoms with Crippen LogP contribution >= 0.6 is 0 Å². The average Bonchev–Trinajstić information content (AvgIpc) is 2.72. The van der Waals surface area contributed by atoms with Gasteiger partial charge in [-0.05, 0) is 24.5 Å². The Labute approximate surface area is 211 Å². The molecule has 0 amide bonds. The molecule has 0 atom stereocenters. The van der Waals surface area contributed by atoms with E-state index in [2.05, 4.69) is 6.92 Å². The van der Waals surface area contributed by atoms with Crippen molar-refractivity contribution in [1.82, 2.24) is 0 Å². The molecule has 0 aliphatic carbocycles. The summed E-state index contributed by atoms with van der Waals surface area (Å²) < 4.78 is 41.4. The molecule has 0 saturated heterocycles. The smallest absolute Gasteiger partial charge is 0.744 e. The van der Waals surface area contributed by atoms with Crippen LogP contribution in [0.3, 0.4) is 0 Å². The van der Waals surface area contributed by atoms with Gasteiger partial charge in [0.15, 0.2) is 0 Å². The van der Waals surface area contributed by atoms with E-state index in [4.69, 9.17) is 4.74 Å². The average molecular weight is 457 g/mol. The molecule has 2 aromatic carbocycles. The first-order valence-electron chi connectivity index (χ1n) is 11.5. The normalized spacial score (nSPS) is 11.5. The number of unbranched alkanes of at least 4 members (excludes halogenated alkanes) is 11. The monoisotopic (exact) mass is 456 g/mol. The van der Waals surface area contributed by atoms with Crippen molar-refractivity contribution in [2.45, 2.75) is 95.3 Å². The summed E-state index contributed by atoms with van der Waals surface area (Å²) in [6.07, 6.45) is 15.6. The third kappa shape index (κ3) is 9.43. The first kappa shape index (κ1) is 28.4. The predicted molar refractivity (Wildman–Crippen MR) is 123 cm³/mol. The van der Waals surface area contributed by atoms with E-state index in [1.807, 2.05) is 6.07 Å². The van der Waals surface area contributed by atoms with Crippen molar-refractivity contribution in [2.75, 3.05) is 7.11 Å². The molecule has 0 unspecified atom stereocenters. The van der Waals surface area contributed by atoms with Crippen LogP contribution in [0.2, 0.25) is 0 Å². The molecule has 6 heteroatoms. The van der Waals surface area contributed by atoms with Gasteiger partial charge in [-0.25, -0.2) is 8.42 Å². The Bertz CT molecular complexity index is 880. The van der Waals surface area contributed by atoms with Crippen molar-refractivity contribution in [3.8, 4) is 5.75 Å². The fourth-order valence-corrected chi connectivity index (χ4v) is 5.11. The Morgan fingerprint density at radius 2 is 1.29 bits per heavy atom. The SMILES string of the molecule is CCCCCCCCCCCCCCc1cc(OC)c2ccccc2c1S(=O)(=O)[O-].[Na+]. The Kier molecular flexibility index (Phi) is 14.0. The quantitative estimate of drug-likeness (QED) is 0.231. The van der Waals surface area contributed by atoms with Crippen LogP contribution in [0.4, 0.5) is 0 Å². The summed E-state index contributed by atoms with van der Waals surface area (Å²) in [7, 11) is -2.99. The summed E-state index contributed by atoms with van der Waals surface area (Å²) in [4.78, 5) is -0.0815. The molecule has 0 spiro atoms. The minimum Gasteiger partial charge on any atom is -0.744 e. The second kappa shape index (κ2) is 15.3. The topological polar surface area (TPSA) is 66.4 Å². The Morgan fingerprint density at radius 3 is 1.77 bits per heavy atom. The van der Waals surface area contributed by atoms with Crippen LogP contribution in [0.5, 0.6) is 5.75 Å². The van der Waals surface area contributed by atoms with E-state index in [1.54, 1.807) is 31.4 Å². The molecule has 31 heavy (non-hydrogen) atoms. The number of rotatable bonds is 15. The van der Waals surface area contributed by atoms with Gasteiger partial charge in [0.05, 0.1) is 12.0 Å².